The molecule has 2 saturated carbocycles. The lowest BCUT2D eigenvalue weighted by atomic mass is 9.75. The van der Waals surface area contributed by atoms with Gasteiger partial charge in [0.1, 0.15) is 0 Å². The number of hydrogen-bond donors (Lipinski definition) is 0. The van der Waals surface area contributed by atoms with Gasteiger partial charge in [-0.2, -0.15) is 5.10 Å². The van der Waals surface area contributed by atoms with Crippen molar-refractivity contribution >= 4 is 11.6 Å². The van der Waals surface area contributed by atoms with Crippen molar-refractivity contribution in [3.8, 4) is 0 Å². The number of carbonyl (C=O) groups is 1. The van der Waals surface area contributed by atoms with E-state index in [1.807, 2.05) is 0 Å². The highest BCUT2D eigenvalue weighted by molar-refractivity contribution is 5.91. The molecule has 0 aromatic heterocycles. The standard InChI is InChI=1S/C21H36N2O5/c1-13(24)23-17(15-7-6-8-19(26-3)21(15)28-5)12-16(22-23)14-9-10-18(25-2)20(11-14)27-4/h14-15,17-21H,6-12H2,1-5H3. The molecule has 0 spiro atoms. The molecule has 7 nitrogen and oxygen atoms in total. The van der Waals surface area contributed by atoms with Gasteiger partial charge in [0, 0.05) is 59.3 Å². The third-order valence-corrected chi connectivity index (χ3v) is 6.98. The smallest absolute Gasteiger partial charge is 0.239 e. The van der Waals surface area contributed by atoms with Crippen molar-refractivity contribution in [2.45, 2.75) is 82.3 Å². The van der Waals surface area contributed by atoms with Crippen LogP contribution in [-0.4, -0.2) is 75.5 Å². The summed E-state index contributed by atoms with van der Waals surface area (Å²) in [6, 6.07) is 0.0524. The Morgan fingerprint density at radius 1 is 0.929 bits per heavy atom. The van der Waals surface area contributed by atoms with E-state index in [9.17, 15) is 4.79 Å². The van der Waals surface area contributed by atoms with Crippen LogP contribution in [0.25, 0.3) is 0 Å². The Kier molecular flexibility index (Phi) is 7.48. The van der Waals surface area contributed by atoms with Gasteiger partial charge in [0.25, 0.3) is 0 Å². The first kappa shape index (κ1) is 21.7. The van der Waals surface area contributed by atoms with Crippen LogP contribution in [0.3, 0.4) is 0 Å². The third kappa shape index (κ3) is 4.27. The molecule has 28 heavy (non-hydrogen) atoms. The van der Waals surface area contributed by atoms with Crippen molar-refractivity contribution < 1.29 is 23.7 Å². The van der Waals surface area contributed by atoms with Gasteiger partial charge in [0.05, 0.1) is 30.5 Å². The SMILES string of the molecule is COC1CCC(C2=NN(C(C)=O)C(C3CCCC(OC)C3OC)C2)CC1OC. The highest BCUT2D eigenvalue weighted by atomic mass is 16.5. The molecular weight excluding hydrogens is 360 g/mol. The predicted octanol–water partition coefficient (Wildman–Crippen LogP) is 2.62. The summed E-state index contributed by atoms with van der Waals surface area (Å²) < 4.78 is 22.8. The normalized spacial score (nSPS) is 39.1. The van der Waals surface area contributed by atoms with E-state index in [1.54, 1.807) is 40.4 Å². The van der Waals surface area contributed by atoms with Crippen LogP contribution in [0.4, 0.5) is 0 Å². The van der Waals surface area contributed by atoms with E-state index in [0.29, 0.717) is 5.92 Å². The average Bonchev–Trinajstić information content (AvgIpc) is 3.18. The highest BCUT2D eigenvalue weighted by Crippen LogP contribution is 2.39. The largest absolute Gasteiger partial charge is 0.379 e. The lowest BCUT2D eigenvalue weighted by Gasteiger charge is -2.41. The average molecular weight is 397 g/mol. The molecule has 7 heteroatoms. The van der Waals surface area contributed by atoms with Crippen LogP contribution in [0.2, 0.25) is 0 Å². The van der Waals surface area contributed by atoms with E-state index >= 15 is 0 Å². The second-order valence-corrected chi connectivity index (χ2v) is 8.35. The van der Waals surface area contributed by atoms with Crippen molar-refractivity contribution in [2.75, 3.05) is 28.4 Å². The molecule has 3 aliphatic rings. The second-order valence-electron chi connectivity index (χ2n) is 8.35. The van der Waals surface area contributed by atoms with E-state index in [4.69, 9.17) is 24.0 Å². The molecule has 0 N–H and O–H groups in total. The molecule has 7 atom stereocenters. The zero-order valence-electron chi connectivity index (χ0n) is 17.9. The Balaban J connectivity index is 1.76. The number of carbonyl (C=O) groups excluding carboxylic acids is 1. The van der Waals surface area contributed by atoms with Crippen LogP contribution in [0.15, 0.2) is 5.10 Å². The van der Waals surface area contributed by atoms with E-state index in [1.165, 1.54) is 0 Å². The molecule has 2 aliphatic carbocycles. The molecule has 0 bridgehead atoms. The van der Waals surface area contributed by atoms with Crippen LogP contribution < -0.4 is 0 Å². The fourth-order valence-electron chi connectivity index (χ4n) is 5.51. The summed E-state index contributed by atoms with van der Waals surface area (Å²) in [5.41, 5.74) is 1.13. The molecule has 1 aliphatic heterocycles. The van der Waals surface area contributed by atoms with Gasteiger partial charge in [-0.1, -0.05) is 6.42 Å². The van der Waals surface area contributed by atoms with Crippen molar-refractivity contribution in [1.82, 2.24) is 5.01 Å². The molecule has 0 radical (unpaired) electrons. The molecule has 0 aromatic rings. The zero-order chi connectivity index (χ0) is 20.3. The van der Waals surface area contributed by atoms with Gasteiger partial charge in [-0.15, -0.1) is 0 Å². The van der Waals surface area contributed by atoms with E-state index in [-0.39, 0.29) is 42.3 Å². The van der Waals surface area contributed by atoms with Crippen LogP contribution in [-0.2, 0) is 23.7 Å². The highest BCUT2D eigenvalue weighted by Gasteiger charge is 2.46. The second kappa shape index (κ2) is 9.65. The zero-order valence-corrected chi connectivity index (χ0v) is 17.9. The Hall–Kier alpha value is -1.02. The van der Waals surface area contributed by atoms with Crippen molar-refractivity contribution in [3.63, 3.8) is 0 Å². The Labute approximate surface area is 168 Å². The van der Waals surface area contributed by atoms with E-state index < -0.39 is 0 Å². The quantitative estimate of drug-likeness (QED) is 0.690. The number of ether oxygens (including phenoxy) is 4. The minimum atomic E-state index is -0.00361. The molecule has 160 valence electrons. The maximum atomic E-state index is 12.4. The van der Waals surface area contributed by atoms with Gasteiger partial charge in [-0.3, -0.25) is 4.79 Å². The monoisotopic (exact) mass is 396 g/mol. The third-order valence-electron chi connectivity index (χ3n) is 6.98. The number of hydrazone groups is 1. The van der Waals surface area contributed by atoms with Gasteiger partial charge in [0.15, 0.2) is 0 Å². The molecule has 1 amide bonds. The summed E-state index contributed by atoms with van der Waals surface area (Å²) in [5, 5.41) is 6.53. The minimum Gasteiger partial charge on any atom is -0.379 e. The maximum absolute atomic E-state index is 12.4. The topological polar surface area (TPSA) is 69.6 Å². The first-order valence-electron chi connectivity index (χ1n) is 10.5. The summed E-state index contributed by atoms with van der Waals surface area (Å²) in [6.07, 6.45) is 7.11. The summed E-state index contributed by atoms with van der Waals surface area (Å²) in [6.45, 7) is 1.61. The van der Waals surface area contributed by atoms with E-state index in [0.717, 1.165) is 50.7 Å². The van der Waals surface area contributed by atoms with Gasteiger partial charge in [-0.05, 0) is 32.1 Å². The van der Waals surface area contributed by atoms with Crippen molar-refractivity contribution in [3.05, 3.63) is 0 Å². The van der Waals surface area contributed by atoms with Crippen molar-refractivity contribution in [1.29, 1.82) is 0 Å². The molecule has 2 fully saturated rings. The van der Waals surface area contributed by atoms with E-state index in [2.05, 4.69) is 0 Å². The van der Waals surface area contributed by atoms with Crippen LogP contribution in [0.1, 0.15) is 51.9 Å². The minimum absolute atomic E-state index is 0.00302. The molecule has 3 rings (SSSR count). The summed E-state index contributed by atoms with van der Waals surface area (Å²) in [4.78, 5) is 12.4. The summed E-state index contributed by atoms with van der Waals surface area (Å²) in [7, 11) is 6.99. The number of nitrogens with zero attached hydrogens (tertiary/aromatic N) is 2. The molecule has 0 saturated heterocycles. The summed E-state index contributed by atoms with van der Waals surface area (Å²) >= 11 is 0. The first-order valence-corrected chi connectivity index (χ1v) is 10.5. The summed E-state index contributed by atoms with van der Waals surface area (Å²) in [5.74, 6) is 0.580. The van der Waals surface area contributed by atoms with Gasteiger partial charge in [0.2, 0.25) is 5.91 Å². The van der Waals surface area contributed by atoms with Crippen LogP contribution in [0.5, 0.6) is 0 Å². The lowest BCUT2D eigenvalue weighted by molar-refractivity contribution is -0.137. The fraction of sp³-hybridized carbons (Fsp3) is 0.905. The van der Waals surface area contributed by atoms with Crippen molar-refractivity contribution in [2.24, 2.45) is 16.9 Å². The molecular formula is C21H36N2O5. The van der Waals surface area contributed by atoms with Gasteiger partial charge >= 0.3 is 0 Å². The first-order chi connectivity index (χ1) is 13.5. The molecule has 1 heterocycles. The lowest BCUT2D eigenvalue weighted by Crippen LogP contribution is -2.49. The Morgan fingerprint density at radius 2 is 1.64 bits per heavy atom. The Morgan fingerprint density at radius 3 is 2.25 bits per heavy atom. The number of amides is 1. The van der Waals surface area contributed by atoms with Gasteiger partial charge in [-0.25, -0.2) is 5.01 Å². The number of methoxy groups -OCH3 is 4. The predicted molar refractivity (Wildman–Crippen MR) is 106 cm³/mol. The van der Waals surface area contributed by atoms with Gasteiger partial charge < -0.3 is 18.9 Å². The molecule has 0 aromatic carbocycles. The van der Waals surface area contributed by atoms with Crippen LogP contribution >= 0.6 is 0 Å². The fourth-order valence-corrected chi connectivity index (χ4v) is 5.51. The Bertz CT molecular complexity index is 569. The number of hydrogen-bond acceptors (Lipinski definition) is 6. The maximum Gasteiger partial charge on any atom is 0.239 e. The number of rotatable bonds is 6. The van der Waals surface area contributed by atoms with Crippen LogP contribution in [0, 0.1) is 11.8 Å². The molecule has 7 unspecified atom stereocenters.